The first-order valence-corrected chi connectivity index (χ1v) is 15.9. The molecule has 0 saturated carbocycles. The van der Waals surface area contributed by atoms with E-state index in [2.05, 4.69) is 48.5 Å². The van der Waals surface area contributed by atoms with Crippen LogP contribution in [-0.4, -0.2) is 90.2 Å². The number of nitrogens with one attached hydrogen (secondary N) is 4. The van der Waals surface area contributed by atoms with E-state index in [9.17, 15) is 35.9 Å². The zero-order valence-electron chi connectivity index (χ0n) is 27.8. The second kappa shape index (κ2) is 17.1. The van der Waals surface area contributed by atoms with Gasteiger partial charge in [0, 0.05) is 49.4 Å². The molecule has 6 bridgehead atoms. The summed E-state index contributed by atoms with van der Waals surface area (Å²) in [5.74, 6) is -4.73. The fourth-order valence-electron chi connectivity index (χ4n) is 4.96. The van der Waals surface area contributed by atoms with Crippen molar-refractivity contribution in [3.63, 3.8) is 0 Å². The van der Waals surface area contributed by atoms with Crippen molar-refractivity contribution in [1.29, 1.82) is 0 Å². The molecule has 1 fully saturated rings. The monoisotopic (exact) mass is 785 g/mol. The van der Waals surface area contributed by atoms with Crippen LogP contribution in [0.25, 0.3) is 0 Å². The summed E-state index contributed by atoms with van der Waals surface area (Å²) in [6.07, 6.45) is -4.74. The first-order chi connectivity index (χ1) is 25.3. The number of benzene rings is 2. The lowest BCUT2D eigenvalue weighted by atomic mass is 10.0. The number of hydrogen-bond acceptors (Lipinski definition) is 9. The quantitative estimate of drug-likeness (QED) is 0.138. The molecule has 2 aromatic heterocycles. The lowest BCUT2D eigenvalue weighted by Crippen LogP contribution is -2.40. The Bertz CT molecular complexity index is 1990. The third-order valence-corrected chi connectivity index (χ3v) is 7.73. The molecule has 288 valence electrons. The minimum atomic E-state index is -5.08. The van der Waals surface area contributed by atoms with Gasteiger partial charge in [-0.25, -0.2) is 19.4 Å². The average Bonchev–Trinajstić information content (AvgIpc) is 3.74. The predicted molar refractivity (Wildman–Crippen MR) is 181 cm³/mol. The van der Waals surface area contributed by atoms with Crippen molar-refractivity contribution in [2.24, 2.45) is 7.05 Å². The fraction of sp³-hybridized carbons (Fsp3) is 0.281. The zero-order chi connectivity index (χ0) is 39.8. The fourth-order valence-corrected chi connectivity index (χ4v) is 5.10. The molecule has 6 rings (SSSR count). The van der Waals surface area contributed by atoms with Crippen molar-refractivity contribution in [1.82, 2.24) is 30.0 Å². The number of nitrogens with zero attached hydrogens (tertiary/aromatic N) is 5. The van der Waals surface area contributed by atoms with E-state index in [1.165, 1.54) is 0 Å². The van der Waals surface area contributed by atoms with E-state index in [4.69, 9.17) is 31.4 Å². The van der Waals surface area contributed by atoms with E-state index in [0.717, 1.165) is 28.9 Å². The van der Waals surface area contributed by atoms with Gasteiger partial charge < -0.3 is 36.4 Å². The molecule has 0 spiro atoms. The van der Waals surface area contributed by atoms with E-state index in [0.29, 0.717) is 54.1 Å². The number of fused-ring (bicyclic) bond motifs is 6. The molecule has 15 nitrogen and oxygen atoms in total. The molecular weight excluding hydrogens is 756 g/mol. The number of amides is 3. The van der Waals surface area contributed by atoms with Crippen molar-refractivity contribution < 1.29 is 55.7 Å². The lowest BCUT2D eigenvalue weighted by molar-refractivity contribution is -0.193. The highest BCUT2D eigenvalue weighted by atomic mass is 35.5. The molecule has 0 aliphatic carbocycles. The number of carboxylic acids is 2. The number of aryl methyl sites for hydroxylation is 3. The van der Waals surface area contributed by atoms with Gasteiger partial charge in [-0.3, -0.25) is 9.48 Å². The normalized spacial score (nSPS) is 14.8. The number of carboxylic acid groups (broad SMARTS) is 2. The van der Waals surface area contributed by atoms with Gasteiger partial charge in [-0.15, -0.1) is 0 Å². The van der Waals surface area contributed by atoms with Crippen molar-refractivity contribution in [2.45, 2.75) is 37.7 Å². The molecule has 4 heterocycles. The summed E-state index contributed by atoms with van der Waals surface area (Å²) in [5, 5.41) is 31.4. The van der Waals surface area contributed by atoms with Crippen LogP contribution in [0.3, 0.4) is 0 Å². The number of alkyl halides is 6. The molecule has 22 heteroatoms. The molecule has 1 atom stereocenters. The van der Waals surface area contributed by atoms with Crippen LogP contribution < -0.4 is 21.3 Å². The van der Waals surface area contributed by atoms with E-state index in [-0.39, 0.29) is 18.0 Å². The minimum Gasteiger partial charge on any atom is -0.475 e. The second-order valence-corrected chi connectivity index (χ2v) is 11.9. The van der Waals surface area contributed by atoms with Crippen LogP contribution in [0.1, 0.15) is 28.0 Å². The van der Waals surface area contributed by atoms with Gasteiger partial charge in [0.25, 0.3) is 5.91 Å². The lowest BCUT2D eigenvalue weighted by Gasteiger charge is -2.18. The molecule has 4 aromatic rings. The first kappa shape index (κ1) is 40.6. The van der Waals surface area contributed by atoms with E-state index >= 15 is 0 Å². The van der Waals surface area contributed by atoms with Gasteiger partial charge in [0.2, 0.25) is 5.95 Å². The highest BCUT2D eigenvalue weighted by Gasteiger charge is 2.39. The Morgan fingerprint density at radius 1 is 0.926 bits per heavy atom. The summed E-state index contributed by atoms with van der Waals surface area (Å²) in [6.45, 7) is 0.998. The standard InChI is InChI=1S/C28H28ClN9O2.2C2HF3O2/c1-37-11-10-24(36-37)26(39)38-12-9-21(16-38)33-28(40)34-23-8-7-20-14-18(23)6-5-17-3-2-4-19(13-17)32-27-30-15-22(29)25(31-20)35-27;2*3-2(4,5)1(6)7/h2-4,7-8,10-11,13-15,21H,5-6,9,12,16H2,1H3,(H2,33,34,40)(H2,30,31,32,35);2*(H,6,7)/t21-;;/m0../s1. The van der Waals surface area contributed by atoms with E-state index < -0.39 is 24.3 Å². The number of anilines is 5. The summed E-state index contributed by atoms with van der Waals surface area (Å²) < 4.78 is 65.1. The molecule has 6 N–H and O–H groups in total. The van der Waals surface area contributed by atoms with Crippen molar-refractivity contribution in [3.05, 3.63) is 82.8 Å². The summed E-state index contributed by atoms with van der Waals surface area (Å²) in [7, 11) is 1.78. The smallest absolute Gasteiger partial charge is 0.475 e. The van der Waals surface area contributed by atoms with Crippen LogP contribution in [-0.2, 0) is 29.5 Å². The largest absolute Gasteiger partial charge is 0.490 e. The van der Waals surface area contributed by atoms with Gasteiger partial charge in [-0.1, -0.05) is 23.7 Å². The van der Waals surface area contributed by atoms with Crippen LogP contribution in [0.15, 0.2) is 60.9 Å². The molecule has 2 aromatic carbocycles. The molecule has 1 saturated heterocycles. The number of urea groups is 1. The Morgan fingerprint density at radius 3 is 2.22 bits per heavy atom. The number of rotatable bonds is 3. The summed E-state index contributed by atoms with van der Waals surface area (Å²) in [6, 6.07) is 15.0. The van der Waals surface area contributed by atoms with Crippen LogP contribution in [0, 0.1) is 0 Å². The van der Waals surface area contributed by atoms with Crippen molar-refractivity contribution in [2.75, 3.05) is 29.0 Å². The Labute approximate surface area is 306 Å². The predicted octanol–water partition coefficient (Wildman–Crippen LogP) is 5.75. The topological polar surface area (TPSA) is 204 Å². The van der Waals surface area contributed by atoms with Crippen molar-refractivity contribution >= 4 is 64.3 Å². The molecular formula is C32H30ClF6N9O6. The average molecular weight is 786 g/mol. The van der Waals surface area contributed by atoms with Gasteiger partial charge in [0.1, 0.15) is 10.7 Å². The molecule has 2 aliphatic heterocycles. The van der Waals surface area contributed by atoms with E-state index in [1.807, 2.05) is 30.3 Å². The highest BCUT2D eigenvalue weighted by Crippen LogP contribution is 2.29. The SMILES string of the molecule is Cn1ccc(C(=O)N2CC[C@H](NC(=O)Nc3ccc4cc3CCc3cccc(c3)Nc3ncc(Cl)c(n3)N4)C2)n1.O=C(O)C(F)(F)F.O=C(O)C(F)(F)F. The Balaban J connectivity index is 0.000000396. The minimum absolute atomic E-state index is 0.130. The van der Waals surface area contributed by atoms with Gasteiger partial charge in [0.15, 0.2) is 5.82 Å². The first-order valence-electron chi connectivity index (χ1n) is 15.5. The number of halogens is 7. The molecule has 0 radical (unpaired) electrons. The molecule has 54 heavy (non-hydrogen) atoms. The maximum atomic E-state index is 13.0. The van der Waals surface area contributed by atoms with Gasteiger partial charge >= 0.3 is 30.3 Å². The van der Waals surface area contributed by atoms with E-state index in [1.54, 1.807) is 35.1 Å². The Morgan fingerprint density at radius 2 is 1.59 bits per heavy atom. The summed E-state index contributed by atoms with van der Waals surface area (Å²) >= 11 is 6.37. The van der Waals surface area contributed by atoms with Crippen LogP contribution >= 0.6 is 11.6 Å². The third-order valence-electron chi connectivity index (χ3n) is 7.45. The van der Waals surface area contributed by atoms with Crippen LogP contribution in [0.5, 0.6) is 0 Å². The number of aliphatic carboxylic acids is 2. The van der Waals surface area contributed by atoms with Crippen LogP contribution in [0.4, 0.5) is 60.0 Å². The maximum absolute atomic E-state index is 13.0. The second-order valence-electron chi connectivity index (χ2n) is 11.5. The van der Waals surface area contributed by atoms with Crippen LogP contribution in [0.2, 0.25) is 5.02 Å². The number of likely N-dealkylation sites (tertiary alicyclic amines) is 1. The molecule has 3 amide bonds. The Hall–Kier alpha value is -6.12. The number of aromatic nitrogens is 4. The van der Waals surface area contributed by atoms with Crippen molar-refractivity contribution in [3.8, 4) is 0 Å². The number of carbonyl (C=O) groups excluding carboxylic acids is 2. The molecule has 0 unspecified atom stereocenters. The Kier molecular flexibility index (Phi) is 12.9. The van der Waals surface area contributed by atoms with Gasteiger partial charge in [-0.05, 0) is 66.8 Å². The van der Waals surface area contributed by atoms with Gasteiger partial charge in [0.05, 0.1) is 6.20 Å². The third kappa shape index (κ3) is 11.7. The number of hydrogen-bond donors (Lipinski definition) is 6. The number of carbonyl (C=O) groups is 4. The maximum Gasteiger partial charge on any atom is 0.490 e. The summed E-state index contributed by atoms with van der Waals surface area (Å²) in [4.78, 5) is 54.1. The highest BCUT2D eigenvalue weighted by molar-refractivity contribution is 6.32. The summed E-state index contributed by atoms with van der Waals surface area (Å²) in [5.41, 5.74) is 4.88. The molecule has 2 aliphatic rings. The van der Waals surface area contributed by atoms with Gasteiger partial charge in [-0.2, -0.15) is 36.4 Å². The zero-order valence-corrected chi connectivity index (χ0v) is 28.6.